The maximum absolute atomic E-state index is 8.79. The highest BCUT2D eigenvalue weighted by Crippen LogP contribution is 2.33. The van der Waals surface area contributed by atoms with E-state index < -0.39 is 0 Å². The van der Waals surface area contributed by atoms with E-state index in [4.69, 9.17) is 5.11 Å². The minimum atomic E-state index is 0.372. The van der Waals surface area contributed by atoms with Gasteiger partial charge in [-0.25, -0.2) is 0 Å². The minimum Gasteiger partial charge on any atom is -0.395 e. The average Bonchev–Trinajstić information content (AvgIpc) is 2.48. The standard InChI is InChI=1S/C7H13NO/c9-5-7-3-4-8(7)6-1-2-6/h6-7,9H,1-5H2/t7-/m1/s1. The highest BCUT2D eigenvalue weighted by atomic mass is 16.3. The lowest BCUT2D eigenvalue weighted by molar-refractivity contribution is 0.0353. The Bertz CT molecular complexity index is 109. The van der Waals surface area contributed by atoms with Crippen LogP contribution in [0.4, 0.5) is 0 Å². The molecule has 52 valence electrons. The number of hydrogen-bond donors (Lipinski definition) is 1. The third kappa shape index (κ3) is 0.864. The van der Waals surface area contributed by atoms with Crippen LogP contribution in [0.5, 0.6) is 0 Å². The van der Waals surface area contributed by atoms with Gasteiger partial charge in [-0.2, -0.15) is 0 Å². The molecule has 0 aromatic carbocycles. The van der Waals surface area contributed by atoms with Gasteiger partial charge in [0.25, 0.3) is 0 Å². The molecule has 2 heteroatoms. The van der Waals surface area contributed by atoms with E-state index in [0.717, 1.165) is 6.04 Å². The predicted molar refractivity (Wildman–Crippen MR) is 35.2 cm³/mol. The number of hydrogen-bond acceptors (Lipinski definition) is 2. The summed E-state index contributed by atoms with van der Waals surface area (Å²) in [4.78, 5) is 2.43. The molecule has 0 aromatic heterocycles. The number of likely N-dealkylation sites (tertiary alicyclic amines) is 1. The first-order chi connectivity index (χ1) is 4.42. The van der Waals surface area contributed by atoms with Crippen LogP contribution in [0.3, 0.4) is 0 Å². The molecule has 2 fully saturated rings. The number of rotatable bonds is 2. The molecule has 2 aliphatic rings. The molecule has 1 aliphatic heterocycles. The molecule has 0 radical (unpaired) electrons. The Kier molecular flexibility index (Phi) is 1.24. The van der Waals surface area contributed by atoms with Crippen LogP contribution in [-0.4, -0.2) is 35.2 Å². The zero-order valence-electron chi connectivity index (χ0n) is 5.58. The first kappa shape index (κ1) is 5.69. The highest BCUT2D eigenvalue weighted by Gasteiger charge is 2.38. The van der Waals surface area contributed by atoms with Gasteiger partial charge in [-0.15, -0.1) is 0 Å². The van der Waals surface area contributed by atoms with Crippen LogP contribution in [0, 0.1) is 0 Å². The molecular formula is C7H13NO. The molecular weight excluding hydrogens is 114 g/mol. The van der Waals surface area contributed by atoms with E-state index in [9.17, 15) is 0 Å². The summed E-state index contributed by atoms with van der Waals surface area (Å²) in [5, 5.41) is 8.79. The van der Waals surface area contributed by atoms with Gasteiger partial charge in [-0.1, -0.05) is 0 Å². The van der Waals surface area contributed by atoms with Crippen molar-refractivity contribution in [2.24, 2.45) is 0 Å². The van der Waals surface area contributed by atoms with Crippen molar-refractivity contribution in [3.63, 3.8) is 0 Å². The fourth-order valence-corrected chi connectivity index (χ4v) is 1.54. The van der Waals surface area contributed by atoms with Crippen LogP contribution < -0.4 is 0 Å². The molecule has 0 unspecified atom stereocenters. The number of aliphatic hydroxyl groups excluding tert-OH is 1. The fraction of sp³-hybridized carbons (Fsp3) is 1.00. The van der Waals surface area contributed by atoms with E-state index >= 15 is 0 Å². The quantitative estimate of drug-likeness (QED) is 0.573. The maximum atomic E-state index is 8.79. The SMILES string of the molecule is OC[C@H]1CCN1C1CC1. The third-order valence-electron chi connectivity index (χ3n) is 2.42. The molecule has 1 atom stereocenters. The van der Waals surface area contributed by atoms with Crippen molar-refractivity contribution in [3.8, 4) is 0 Å². The molecule has 0 spiro atoms. The van der Waals surface area contributed by atoms with Gasteiger partial charge in [0, 0.05) is 18.6 Å². The third-order valence-corrected chi connectivity index (χ3v) is 2.42. The van der Waals surface area contributed by atoms with Crippen LogP contribution in [0.15, 0.2) is 0 Å². The molecule has 2 nitrogen and oxygen atoms in total. The second kappa shape index (κ2) is 1.96. The van der Waals surface area contributed by atoms with Crippen molar-refractivity contribution >= 4 is 0 Å². The smallest absolute Gasteiger partial charge is 0.0587 e. The summed E-state index contributed by atoms with van der Waals surface area (Å²) >= 11 is 0. The number of nitrogens with zero attached hydrogens (tertiary/aromatic N) is 1. The van der Waals surface area contributed by atoms with E-state index in [1.54, 1.807) is 0 Å². The van der Waals surface area contributed by atoms with Gasteiger partial charge >= 0.3 is 0 Å². The Balaban J connectivity index is 1.83. The molecule has 2 rings (SSSR count). The summed E-state index contributed by atoms with van der Waals surface area (Å²) in [5.41, 5.74) is 0. The van der Waals surface area contributed by atoms with Gasteiger partial charge in [0.15, 0.2) is 0 Å². The summed E-state index contributed by atoms with van der Waals surface area (Å²) in [6.45, 7) is 1.60. The summed E-state index contributed by atoms with van der Waals surface area (Å²) < 4.78 is 0. The van der Waals surface area contributed by atoms with E-state index in [2.05, 4.69) is 4.90 Å². The van der Waals surface area contributed by atoms with Crippen LogP contribution in [-0.2, 0) is 0 Å². The van der Waals surface area contributed by atoms with Crippen molar-refractivity contribution in [1.82, 2.24) is 4.90 Å². The molecule has 0 amide bonds. The molecule has 1 aliphatic carbocycles. The van der Waals surface area contributed by atoms with Crippen molar-refractivity contribution in [1.29, 1.82) is 0 Å². The summed E-state index contributed by atoms with van der Waals surface area (Å²) in [6.07, 6.45) is 3.96. The van der Waals surface area contributed by atoms with Crippen molar-refractivity contribution < 1.29 is 5.11 Å². The van der Waals surface area contributed by atoms with Gasteiger partial charge in [0.2, 0.25) is 0 Å². The monoisotopic (exact) mass is 127 g/mol. The van der Waals surface area contributed by atoms with Gasteiger partial charge in [-0.3, -0.25) is 4.90 Å². The minimum absolute atomic E-state index is 0.372. The Labute approximate surface area is 55.5 Å². The molecule has 1 saturated heterocycles. The van der Waals surface area contributed by atoms with E-state index in [-0.39, 0.29) is 0 Å². The van der Waals surface area contributed by atoms with Crippen LogP contribution in [0.25, 0.3) is 0 Å². The Hall–Kier alpha value is -0.0800. The summed E-state index contributed by atoms with van der Waals surface area (Å²) in [7, 11) is 0. The van der Waals surface area contributed by atoms with Gasteiger partial charge < -0.3 is 5.11 Å². The van der Waals surface area contributed by atoms with Gasteiger partial charge in [0.05, 0.1) is 6.61 Å². The Morgan fingerprint density at radius 1 is 1.33 bits per heavy atom. The fourth-order valence-electron chi connectivity index (χ4n) is 1.54. The predicted octanol–water partition coefficient (Wildman–Crippen LogP) is 0.215. The lowest BCUT2D eigenvalue weighted by Crippen LogP contribution is -2.50. The zero-order valence-corrected chi connectivity index (χ0v) is 5.58. The van der Waals surface area contributed by atoms with Crippen molar-refractivity contribution in [2.45, 2.75) is 31.3 Å². The highest BCUT2D eigenvalue weighted by molar-refractivity contribution is 4.94. The molecule has 1 saturated carbocycles. The van der Waals surface area contributed by atoms with E-state index in [0.29, 0.717) is 12.6 Å². The molecule has 0 aromatic rings. The largest absolute Gasteiger partial charge is 0.395 e. The van der Waals surface area contributed by atoms with Crippen LogP contribution >= 0.6 is 0 Å². The second-order valence-corrected chi connectivity index (χ2v) is 3.09. The van der Waals surface area contributed by atoms with Crippen LogP contribution in [0.1, 0.15) is 19.3 Å². The van der Waals surface area contributed by atoms with E-state index in [1.165, 1.54) is 25.8 Å². The summed E-state index contributed by atoms with van der Waals surface area (Å²) in [6, 6.07) is 1.38. The molecule has 0 bridgehead atoms. The molecule has 9 heavy (non-hydrogen) atoms. The van der Waals surface area contributed by atoms with Crippen molar-refractivity contribution in [2.75, 3.05) is 13.2 Å². The Morgan fingerprint density at radius 2 is 2.11 bits per heavy atom. The first-order valence-electron chi connectivity index (χ1n) is 3.78. The summed E-state index contributed by atoms with van der Waals surface area (Å²) in [5.74, 6) is 0. The first-order valence-corrected chi connectivity index (χ1v) is 3.78. The number of aliphatic hydroxyl groups is 1. The van der Waals surface area contributed by atoms with Gasteiger partial charge in [0.1, 0.15) is 0 Å². The van der Waals surface area contributed by atoms with Crippen molar-refractivity contribution in [3.05, 3.63) is 0 Å². The topological polar surface area (TPSA) is 23.5 Å². The van der Waals surface area contributed by atoms with E-state index in [1.807, 2.05) is 0 Å². The lowest BCUT2D eigenvalue weighted by Gasteiger charge is -2.40. The average molecular weight is 127 g/mol. The van der Waals surface area contributed by atoms with Crippen LogP contribution in [0.2, 0.25) is 0 Å². The maximum Gasteiger partial charge on any atom is 0.0587 e. The lowest BCUT2D eigenvalue weighted by atomic mass is 10.0. The normalized spacial score (nSPS) is 36.3. The molecule has 1 heterocycles. The second-order valence-electron chi connectivity index (χ2n) is 3.09. The molecule has 1 N–H and O–H groups in total. The zero-order chi connectivity index (χ0) is 6.27. The Morgan fingerprint density at radius 3 is 2.44 bits per heavy atom. The van der Waals surface area contributed by atoms with Gasteiger partial charge in [-0.05, 0) is 19.3 Å².